The van der Waals surface area contributed by atoms with Gasteiger partial charge in [0.2, 0.25) is 0 Å². The number of hydrogen-bond donors (Lipinski definition) is 1. The van der Waals surface area contributed by atoms with Crippen molar-refractivity contribution in [3.05, 3.63) is 34.9 Å². The molecule has 2 unspecified atom stereocenters. The summed E-state index contributed by atoms with van der Waals surface area (Å²) in [5.41, 5.74) is 1.79. The average molecular weight is 294 g/mol. The number of nitrogens with one attached hydrogen (secondary N) is 1. The average Bonchev–Trinajstić information content (AvgIpc) is 2.41. The third kappa shape index (κ3) is 3.99. The van der Waals surface area contributed by atoms with Crippen LogP contribution < -0.4 is 5.32 Å². The van der Waals surface area contributed by atoms with Crippen molar-refractivity contribution in [2.45, 2.75) is 52.4 Å². The van der Waals surface area contributed by atoms with E-state index in [0.717, 1.165) is 24.0 Å². The third-order valence-corrected chi connectivity index (χ3v) is 5.02. The third-order valence-electron chi connectivity index (χ3n) is 4.67. The fourth-order valence-corrected chi connectivity index (χ4v) is 3.77. The van der Waals surface area contributed by atoms with E-state index in [0.29, 0.717) is 11.3 Å². The van der Waals surface area contributed by atoms with E-state index in [4.69, 9.17) is 11.6 Å². The first kappa shape index (κ1) is 15.9. The normalized spacial score (nSPS) is 25.6. The quantitative estimate of drug-likeness (QED) is 0.731. The molecule has 2 atom stereocenters. The van der Waals surface area contributed by atoms with E-state index in [2.05, 4.69) is 38.2 Å². The van der Waals surface area contributed by atoms with Crippen molar-refractivity contribution in [3.8, 4) is 0 Å². The number of rotatable bonds is 5. The highest BCUT2D eigenvalue weighted by Gasteiger charge is 2.36. The molecule has 2 rings (SSSR count). The Balaban J connectivity index is 2.16. The SMILES string of the molecule is CCCNCC1CCC(C)(C)CC1c1ccccc1Cl. The predicted octanol–water partition coefficient (Wildman–Crippen LogP) is 5.25. The van der Waals surface area contributed by atoms with Gasteiger partial charge in [0.05, 0.1) is 0 Å². The molecule has 1 aliphatic rings. The second kappa shape index (κ2) is 6.95. The van der Waals surface area contributed by atoms with Gasteiger partial charge in [0.25, 0.3) is 0 Å². The van der Waals surface area contributed by atoms with Crippen molar-refractivity contribution in [3.63, 3.8) is 0 Å². The first-order chi connectivity index (χ1) is 9.53. The van der Waals surface area contributed by atoms with Crippen molar-refractivity contribution in [2.24, 2.45) is 11.3 Å². The lowest BCUT2D eigenvalue weighted by atomic mass is 9.65. The van der Waals surface area contributed by atoms with Crippen LogP contribution in [0, 0.1) is 11.3 Å². The standard InChI is InChI=1S/C18H28ClN/c1-4-11-20-13-14-9-10-18(2,3)12-16(14)15-7-5-6-8-17(15)19/h5-8,14,16,20H,4,9-13H2,1-3H3. The molecule has 1 nitrogen and oxygen atoms in total. The van der Waals surface area contributed by atoms with E-state index in [-0.39, 0.29) is 0 Å². The Morgan fingerprint density at radius 2 is 2.05 bits per heavy atom. The van der Waals surface area contributed by atoms with Crippen LogP contribution >= 0.6 is 11.6 Å². The molecule has 1 aromatic carbocycles. The summed E-state index contributed by atoms with van der Waals surface area (Å²) in [5.74, 6) is 1.31. The van der Waals surface area contributed by atoms with Gasteiger partial charge in [-0.3, -0.25) is 0 Å². The molecule has 0 bridgehead atoms. The molecule has 1 saturated carbocycles. The van der Waals surface area contributed by atoms with Crippen LogP contribution in [0.1, 0.15) is 57.9 Å². The van der Waals surface area contributed by atoms with Gasteiger partial charge in [0, 0.05) is 5.02 Å². The minimum absolute atomic E-state index is 0.436. The van der Waals surface area contributed by atoms with Crippen LogP contribution in [0.3, 0.4) is 0 Å². The molecule has 20 heavy (non-hydrogen) atoms. The van der Waals surface area contributed by atoms with E-state index in [1.165, 1.54) is 31.2 Å². The van der Waals surface area contributed by atoms with Gasteiger partial charge in [-0.2, -0.15) is 0 Å². The largest absolute Gasteiger partial charge is 0.316 e. The summed E-state index contributed by atoms with van der Waals surface area (Å²) in [4.78, 5) is 0. The van der Waals surface area contributed by atoms with Crippen LogP contribution in [0.15, 0.2) is 24.3 Å². The maximum atomic E-state index is 6.46. The van der Waals surface area contributed by atoms with Gasteiger partial charge in [-0.05, 0) is 67.7 Å². The summed E-state index contributed by atoms with van der Waals surface area (Å²) >= 11 is 6.46. The Morgan fingerprint density at radius 1 is 1.30 bits per heavy atom. The van der Waals surface area contributed by atoms with Gasteiger partial charge in [-0.15, -0.1) is 0 Å². The fourth-order valence-electron chi connectivity index (χ4n) is 3.49. The molecule has 1 aliphatic carbocycles. The molecule has 1 N–H and O–H groups in total. The number of hydrogen-bond acceptors (Lipinski definition) is 1. The number of benzene rings is 1. The lowest BCUT2D eigenvalue weighted by Crippen LogP contribution is -2.35. The van der Waals surface area contributed by atoms with Crippen molar-refractivity contribution in [1.82, 2.24) is 5.32 Å². The van der Waals surface area contributed by atoms with Gasteiger partial charge in [-0.25, -0.2) is 0 Å². The fraction of sp³-hybridized carbons (Fsp3) is 0.667. The lowest BCUT2D eigenvalue weighted by molar-refractivity contribution is 0.160. The van der Waals surface area contributed by atoms with Crippen molar-refractivity contribution in [2.75, 3.05) is 13.1 Å². The van der Waals surface area contributed by atoms with Gasteiger partial charge in [0.15, 0.2) is 0 Å². The van der Waals surface area contributed by atoms with E-state index in [1.54, 1.807) is 0 Å². The molecule has 0 amide bonds. The van der Waals surface area contributed by atoms with Gasteiger partial charge in [-0.1, -0.05) is 50.6 Å². The molecular weight excluding hydrogens is 266 g/mol. The Labute approximate surface area is 129 Å². The molecule has 2 heteroatoms. The van der Waals surface area contributed by atoms with Crippen LogP contribution in [-0.2, 0) is 0 Å². The highest BCUT2D eigenvalue weighted by molar-refractivity contribution is 6.31. The Hall–Kier alpha value is -0.530. The van der Waals surface area contributed by atoms with Crippen LogP contribution in [0.2, 0.25) is 5.02 Å². The first-order valence-corrected chi connectivity index (χ1v) is 8.36. The minimum atomic E-state index is 0.436. The molecule has 0 aromatic heterocycles. The molecule has 0 aliphatic heterocycles. The zero-order valence-electron chi connectivity index (χ0n) is 13.1. The summed E-state index contributed by atoms with van der Waals surface area (Å²) < 4.78 is 0. The zero-order chi connectivity index (χ0) is 14.6. The topological polar surface area (TPSA) is 12.0 Å². The summed E-state index contributed by atoms with van der Waals surface area (Å²) in [6.45, 7) is 9.26. The Bertz CT molecular complexity index is 427. The monoisotopic (exact) mass is 293 g/mol. The molecule has 112 valence electrons. The van der Waals surface area contributed by atoms with Gasteiger partial charge < -0.3 is 5.32 Å². The predicted molar refractivity (Wildman–Crippen MR) is 88.5 cm³/mol. The number of halogens is 1. The van der Waals surface area contributed by atoms with E-state index < -0.39 is 0 Å². The van der Waals surface area contributed by atoms with E-state index >= 15 is 0 Å². The molecular formula is C18H28ClN. The minimum Gasteiger partial charge on any atom is -0.316 e. The van der Waals surface area contributed by atoms with Crippen molar-refractivity contribution < 1.29 is 0 Å². The smallest absolute Gasteiger partial charge is 0.0440 e. The van der Waals surface area contributed by atoms with E-state index in [9.17, 15) is 0 Å². The van der Waals surface area contributed by atoms with Gasteiger partial charge in [0.1, 0.15) is 0 Å². The maximum Gasteiger partial charge on any atom is 0.0440 e. The van der Waals surface area contributed by atoms with Crippen molar-refractivity contribution >= 4 is 11.6 Å². The lowest BCUT2D eigenvalue weighted by Gasteiger charge is -2.41. The van der Waals surface area contributed by atoms with Gasteiger partial charge >= 0.3 is 0 Å². The van der Waals surface area contributed by atoms with Crippen LogP contribution in [0.5, 0.6) is 0 Å². The van der Waals surface area contributed by atoms with Crippen LogP contribution in [-0.4, -0.2) is 13.1 Å². The molecule has 1 aromatic rings. The molecule has 0 radical (unpaired) electrons. The summed E-state index contributed by atoms with van der Waals surface area (Å²) in [7, 11) is 0. The summed E-state index contributed by atoms with van der Waals surface area (Å²) in [6.07, 6.45) is 5.08. The van der Waals surface area contributed by atoms with Crippen LogP contribution in [0.25, 0.3) is 0 Å². The highest BCUT2D eigenvalue weighted by atomic mass is 35.5. The molecule has 0 heterocycles. The molecule has 0 saturated heterocycles. The highest BCUT2D eigenvalue weighted by Crippen LogP contribution is 2.47. The Kier molecular flexibility index (Phi) is 5.51. The molecule has 1 fully saturated rings. The second-order valence-electron chi connectivity index (χ2n) is 7.00. The van der Waals surface area contributed by atoms with Crippen LogP contribution in [0.4, 0.5) is 0 Å². The zero-order valence-corrected chi connectivity index (χ0v) is 13.8. The maximum absolute atomic E-state index is 6.46. The second-order valence-corrected chi connectivity index (χ2v) is 7.41. The first-order valence-electron chi connectivity index (χ1n) is 7.98. The van der Waals surface area contributed by atoms with E-state index in [1.807, 2.05) is 12.1 Å². The summed E-state index contributed by atoms with van der Waals surface area (Å²) in [6, 6.07) is 8.42. The Morgan fingerprint density at radius 3 is 2.75 bits per heavy atom. The van der Waals surface area contributed by atoms with Crippen molar-refractivity contribution in [1.29, 1.82) is 0 Å². The summed E-state index contributed by atoms with van der Waals surface area (Å²) in [5, 5.41) is 4.55. The molecule has 0 spiro atoms.